The molecule has 1 N–H and O–H groups in total. The highest BCUT2D eigenvalue weighted by Gasteiger charge is 2.44. The minimum absolute atomic E-state index is 0.00171. The van der Waals surface area contributed by atoms with Gasteiger partial charge in [-0.3, -0.25) is 9.59 Å². The van der Waals surface area contributed by atoms with E-state index in [9.17, 15) is 9.59 Å². The summed E-state index contributed by atoms with van der Waals surface area (Å²) in [6.45, 7) is 8.85. The summed E-state index contributed by atoms with van der Waals surface area (Å²) in [5.41, 5.74) is 4.41. The van der Waals surface area contributed by atoms with Gasteiger partial charge in [0.1, 0.15) is 0 Å². The van der Waals surface area contributed by atoms with Gasteiger partial charge in [-0.25, -0.2) is 0 Å². The van der Waals surface area contributed by atoms with Gasteiger partial charge in [0.25, 0.3) is 5.91 Å². The van der Waals surface area contributed by atoms with Gasteiger partial charge in [-0.15, -0.1) is 11.3 Å². The number of nitrogens with zero attached hydrogens (tertiary/aromatic N) is 1. The van der Waals surface area contributed by atoms with Crippen LogP contribution in [0.4, 0.5) is 5.69 Å². The molecule has 2 amide bonds. The maximum Gasteiger partial charge on any atom is 0.254 e. The zero-order valence-corrected chi connectivity index (χ0v) is 19.2. The largest absolute Gasteiger partial charge is 0.329 e. The smallest absolute Gasteiger partial charge is 0.254 e. The van der Waals surface area contributed by atoms with Crippen LogP contribution < -0.4 is 5.32 Å². The first-order valence-electron chi connectivity index (χ1n) is 10.7. The third-order valence-electron chi connectivity index (χ3n) is 5.61. The van der Waals surface area contributed by atoms with E-state index >= 15 is 0 Å². The average molecular weight is 433 g/mol. The number of carbonyl (C=O) groups excluding carboxylic acids is 2. The number of hydrogen-bond donors (Lipinski definition) is 1. The number of rotatable bonds is 5. The first kappa shape index (κ1) is 21.3. The molecule has 0 radical (unpaired) electrons. The number of hydrogen-bond acceptors (Lipinski definition) is 3. The number of nitrogens with one attached hydrogen (secondary N) is 1. The fourth-order valence-corrected chi connectivity index (χ4v) is 5.39. The van der Waals surface area contributed by atoms with E-state index in [1.54, 1.807) is 11.3 Å². The van der Waals surface area contributed by atoms with Crippen LogP contribution in [0.15, 0.2) is 60.0 Å². The van der Waals surface area contributed by atoms with Crippen molar-refractivity contribution in [1.29, 1.82) is 0 Å². The summed E-state index contributed by atoms with van der Waals surface area (Å²) in [6.07, 6.45) is 0. The quantitative estimate of drug-likeness (QED) is 0.542. The van der Waals surface area contributed by atoms with Gasteiger partial charge in [0.2, 0.25) is 5.91 Å². The van der Waals surface area contributed by atoms with Crippen LogP contribution in [0.3, 0.4) is 0 Å². The van der Waals surface area contributed by atoms with Crippen LogP contribution in [-0.2, 0) is 4.79 Å². The fraction of sp³-hybridized carbons (Fsp3) is 0.308. The molecule has 0 spiro atoms. The maximum absolute atomic E-state index is 13.8. The Kier molecular flexibility index (Phi) is 5.96. The summed E-state index contributed by atoms with van der Waals surface area (Å²) in [4.78, 5) is 30.1. The molecule has 1 aliphatic rings. The molecule has 5 heteroatoms. The van der Waals surface area contributed by atoms with Gasteiger partial charge in [-0.2, -0.15) is 0 Å². The van der Waals surface area contributed by atoms with Crippen LogP contribution in [0.25, 0.3) is 0 Å². The van der Waals surface area contributed by atoms with Gasteiger partial charge in [-0.05, 0) is 66.1 Å². The topological polar surface area (TPSA) is 49.4 Å². The van der Waals surface area contributed by atoms with Crippen molar-refractivity contribution in [2.45, 2.75) is 39.7 Å². The van der Waals surface area contributed by atoms with Crippen LogP contribution in [0.5, 0.6) is 0 Å². The number of fused-ring (bicyclic) bond motifs is 1. The molecule has 0 aliphatic carbocycles. The van der Waals surface area contributed by atoms with E-state index in [1.807, 2.05) is 72.7 Å². The van der Waals surface area contributed by atoms with Crippen LogP contribution in [-0.4, -0.2) is 23.3 Å². The van der Waals surface area contributed by atoms with Crippen molar-refractivity contribution < 1.29 is 9.59 Å². The highest BCUT2D eigenvalue weighted by Crippen LogP contribution is 2.45. The molecule has 4 nitrogen and oxygen atoms in total. The summed E-state index contributed by atoms with van der Waals surface area (Å²) < 4.78 is 0. The molecule has 2 atom stereocenters. The van der Waals surface area contributed by atoms with Gasteiger partial charge >= 0.3 is 0 Å². The molecule has 0 unspecified atom stereocenters. The van der Waals surface area contributed by atoms with E-state index in [1.165, 1.54) is 0 Å². The Bertz CT molecular complexity index is 1080. The van der Waals surface area contributed by atoms with Gasteiger partial charge in [0.15, 0.2) is 0 Å². The van der Waals surface area contributed by atoms with Gasteiger partial charge in [0.05, 0.1) is 12.0 Å². The number of thiophene rings is 1. The van der Waals surface area contributed by atoms with E-state index in [2.05, 4.69) is 25.2 Å². The number of aryl methyl sites for hydroxylation is 2. The Morgan fingerprint density at radius 1 is 1.06 bits per heavy atom. The van der Waals surface area contributed by atoms with Crippen LogP contribution in [0, 0.1) is 19.8 Å². The van der Waals surface area contributed by atoms with Crippen molar-refractivity contribution in [1.82, 2.24) is 4.90 Å². The summed E-state index contributed by atoms with van der Waals surface area (Å²) in [5, 5.41) is 5.15. The Hall–Kier alpha value is -2.92. The molecular weight excluding hydrogens is 404 g/mol. The Balaban J connectivity index is 1.82. The van der Waals surface area contributed by atoms with E-state index in [0.29, 0.717) is 18.0 Å². The molecule has 3 aromatic rings. The fourth-order valence-electron chi connectivity index (χ4n) is 4.51. The minimum Gasteiger partial charge on any atom is -0.329 e. The monoisotopic (exact) mass is 432 g/mol. The van der Waals surface area contributed by atoms with Crippen LogP contribution >= 0.6 is 11.3 Å². The van der Waals surface area contributed by atoms with Crippen molar-refractivity contribution >= 4 is 28.8 Å². The molecule has 0 bridgehead atoms. The lowest BCUT2D eigenvalue weighted by Gasteiger charge is -2.42. The number of amides is 2. The highest BCUT2D eigenvalue weighted by molar-refractivity contribution is 7.10. The summed E-state index contributed by atoms with van der Waals surface area (Å²) in [7, 11) is 0. The second-order valence-electron chi connectivity index (χ2n) is 8.74. The molecule has 1 aromatic heterocycles. The predicted octanol–water partition coefficient (Wildman–Crippen LogP) is 5.94. The van der Waals surface area contributed by atoms with Gasteiger partial charge < -0.3 is 10.2 Å². The SMILES string of the molecule is Cc1cc(C)cc(NC(=O)[C@@H]2c3ccccc3C(=O)N(CC(C)C)[C@@H]2c2cccs2)c1. The average Bonchev–Trinajstić information content (AvgIpc) is 3.23. The summed E-state index contributed by atoms with van der Waals surface area (Å²) >= 11 is 1.60. The molecule has 0 saturated carbocycles. The molecule has 160 valence electrons. The zero-order valence-electron chi connectivity index (χ0n) is 18.4. The number of benzene rings is 2. The lowest BCUT2D eigenvalue weighted by atomic mass is 9.81. The normalized spacial score (nSPS) is 18.2. The molecule has 4 rings (SSSR count). The maximum atomic E-state index is 13.8. The van der Waals surface area contributed by atoms with Crippen LogP contribution in [0.1, 0.15) is 57.7 Å². The number of anilines is 1. The first-order valence-corrected chi connectivity index (χ1v) is 11.6. The van der Waals surface area contributed by atoms with Gasteiger partial charge in [-0.1, -0.05) is 44.2 Å². The molecule has 1 aliphatic heterocycles. The van der Waals surface area contributed by atoms with Gasteiger partial charge in [0, 0.05) is 22.7 Å². The summed E-state index contributed by atoms with van der Waals surface area (Å²) in [5.74, 6) is -0.276. The van der Waals surface area contributed by atoms with Crippen molar-refractivity contribution in [3.63, 3.8) is 0 Å². The van der Waals surface area contributed by atoms with Crippen LogP contribution in [0.2, 0.25) is 0 Å². The zero-order chi connectivity index (χ0) is 22.1. The minimum atomic E-state index is -0.480. The highest BCUT2D eigenvalue weighted by atomic mass is 32.1. The Morgan fingerprint density at radius 3 is 2.42 bits per heavy atom. The summed E-state index contributed by atoms with van der Waals surface area (Å²) in [6, 6.07) is 17.3. The molecule has 0 fully saturated rings. The van der Waals surface area contributed by atoms with E-state index in [0.717, 1.165) is 27.3 Å². The lowest BCUT2D eigenvalue weighted by molar-refractivity contribution is -0.119. The third kappa shape index (κ3) is 4.28. The molecule has 0 saturated heterocycles. The lowest BCUT2D eigenvalue weighted by Crippen LogP contribution is -2.47. The van der Waals surface area contributed by atoms with E-state index < -0.39 is 5.92 Å². The van der Waals surface area contributed by atoms with Crippen molar-refractivity contribution in [3.8, 4) is 0 Å². The van der Waals surface area contributed by atoms with Crippen molar-refractivity contribution in [2.24, 2.45) is 5.92 Å². The van der Waals surface area contributed by atoms with Crippen molar-refractivity contribution in [2.75, 3.05) is 11.9 Å². The van der Waals surface area contributed by atoms with E-state index in [4.69, 9.17) is 0 Å². The second kappa shape index (κ2) is 8.67. The Labute approximate surface area is 187 Å². The molecular formula is C26H28N2O2S. The molecule has 2 aromatic carbocycles. The number of carbonyl (C=O) groups is 2. The van der Waals surface area contributed by atoms with E-state index in [-0.39, 0.29) is 17.9 Å². The standard InChI is InChI=1S/C26H28N2O2S/c1-16(2)15-28-24(22-10-7-11-31-22)23(20-8-5-6-9-21(20)26(28)30)25(29)27-19-13-17(3)12-18(4)14-19/h5-14,16,23-24H,15H2,1-4H3,(H,27,29)/t23-,24-/m1/s1. The Morgan fingerprint density at radius 2 is 1.77 bits per heavy atom. The predicted molar refractivity (Wildman–Crippen MR) is 127 cm³/mol. The first-order chi connectivity index (χ1) is 14.8. The van der Waals surface area contributed by atoms with Crippen molar-refractivity contribution in [3.05, 3.63) is 87.1 Å². The molecule has 2 heterocycles. The third-order valence-corrected chi connectivity index (χ3v) is 6.55. The molecule has 31 heavy (non-hydrogen) atoms. The second-order valence-corrected chi connectivity index (χ2v) is 9.72.